The largest absolute Gasteiger partial charge is 0.508 e. The van der Waals surface area contributed by atoms with Gasteiger partial charge < -0.3 is 14.3 Å². The predicted molar refractivity (Wildman–Crippen MR) is 113 cm³/mol. The number of amides is 1. The number of hydrogen-bond donors (Lipinski definition) is 1. The number of benzene rings is 2. The van der Waals surface area contributed by atoms with E-state index in [1.54, 1.807) is 30.5 Å². The third-order valence-electron chi connectivity index (χ3n) is 5.06. The van der Waals surface area contributed by atoms with Gasteiger partial charge in [-0.05, 0) is 42.3 Å². The van der Waals surface area contributed by atoms with Gasteiger partial charge in [0.15, 0.2) is 6.61 Å². The van der Waals surface area contributed by atoms with Crippen LogP contribution in [0.5, 0.6) is 5.75 Å². The molecule has 2 heterocycles. The van der Waals surface area contributed by atoms with Crippen LogP contribution in [-0.4, -0.2) is 34.3 Å². The van der Waals surface area contributed by atoms with Crippen molar-refractivity contribution in [3.8, 4) is 5.75 Å². The minimum absolute atomic E-state index is 0.00700. The monoisotopic (exact) mass is 418 g/mol. The summed E-state index contributed by atoms with van der Waals surface area (Å²) < 4.78 is 10.7. The number of hydrazone groups is 1. The van der Waals surface area contributed by atoms with Gasteiger partial charge >= 0.3 is 5.97 Å². The molecule has 2 aromatic carbocycles. The van der Waals surface area contributed by atoms with Gasteiger partial charge in [0.05, 0.1) is 18.4 Å². The van der Waals surface area contributed by atoms with E-state index in [0.717, 1.165) is 16.8 Å². The number of furan rings is 1. The first kappa shape index (κ1) is 20.4. The van der Waals surface area contributed by atoms with Crippen LogP contribution < -0.4 is 0 Å². The maximum absolute atomic E-state index is 12.9. The van der Waals surface area contributed by atoms with E-state index in [0.29, 0.717) is 17.7 Å². The first-order chi connectivity index (χ1) is 15.0. The number of aromatic hydroxyl groups is 1. The van der Waals surface area contributed by atoms with Crippen LogP contribution in [0.25, 0.3) is 0 Å². The van der Waals surface area contributed by atoms with Crippen molar-refractivity contribution in [2.75, 3.05) is 6.61 Å². The Morgan fingerprint density at radius 2 is 1.87 bits per heavy atom. The molecule has 0 bridgehead atoms. The minimum Gasteiger partial charge on any atom is -0.508 e. The molecule has 0 fully saturated rings. The fourth-order valence-corrected chi connectivity index (χ4v) is 3.40. The Balaban J connectivity index is 1.45. The summed E-state index contributed by atoms with van der Waals surface area (Å²) in [7, 11) is 0. The Hall–Kier alpha value is -3.87. The zero-order valence-electron chi connectivity index (χ0n) is 17.0. The molecule has 0 saturated heterocycles. The zero-order valence-corrected chi connectivity index (χ0v) is 17.0. The van der Waals surface area contributed by atoms with Gasteiger partial charge in [0.25, 0.3) is 5.91 Å². The molecular formula is C24H22N2O5. The van der Waals surface area contributed by atoms with Crippen molar-refractivity contribution in [2.24, 2.45) is 5.10 Å². The average molecular weight is 418 g/mol. The molecular weight excluding hydrogens is 396 g/mol. The molecule has 0 saturated carbocycles. The molecule has 31 heavy (non-hydrogen) atoms. The molecule has 3 aromatic rings. The lowest BCUT2D eigenvalue weighted by Crippen LogP contribution is -2.31. The van der Waals surface area contributed by atoms with Crippen LogP contribution in [0.4, 0.5) is 0 Å². The maximum Gasteiger partial charge on any atom is 0.310 e. The minimum atomic E-state index is -0.532. The van der Waals surface area contributed by atoms with Gasteiger partial charge in [-0.2, -0.15) is 5.10 Å². The molecule has 0 unspecified atom stereocenters. The topological polar surface area (TPSA) is 92.3 Å². The number of carbonyl (C=O) groups excluding carboxylic acids is 2. The Morgan fingerprint density at radius 3 is 2.55 bits per heavy atom. The van der Waals surface area contributed by atoms with Crippen LogP contribution in [-0.2, 0) is 20.7 Å². The van der Waals surface area contributed by atoms with E-state index in [1.807, 2.05) is 31.2 Å². The molecule has 1 aromatic heterocycles. The molecule has 4 rings (SSSR count). The van der Waals surface area contributed by atoms with Crippen LogP contribution in [0, 0.1) is 6.92 Å². The third-order valence-corrected chi connectivity index (χ3v) is 5.06. The molecule has 7 heteroatoms. The molecule has 7 nitrogen and oxygen atoms in total. The summed E-state index contributed by atoms with van der Waals surface area (Å²) in [5.74, 6) is -0.222. The summed E-state index contributed by atoms with van der Waals surface area (Å²) in [6.07, 6.45) is 2.07. The second-order valence-electron chi connectivity index (χ2n) is 7.39. The standard InChI is InChI=1S/C24H22N2O5/c1-16-4-8-18(9-5-16)20-14-21(22-3-2-12-30-22)26(25-20)23(28)15-31-24(29)13-17-6-10-19(27)11-7-17/h2-12,21,27H,13-15H2,1H3/t21-/m1/s1. The molecule has 0 spiro atoms. The van der Waals surface area contributed by atoms with Gasteiger partial charge in [0.1, 0.15) is 17.6 Å². The molecule has 1 aliphatic rings. The van der Waals surface area contributed by atoms with Crippen LogP contribution >= 0.6 is 0 Å². The van der Waals surface area contributed by atoms with Crippen LogP contribution in [0.1, 0.15) is 34.9 Å². The predicted octanol–water partition coefficient (Wildman–Crippen LogP) is 3.76. The number of rotatable bonds is 6. The molecule has 1 aliphatic heterocycles. The highest BCUT2D eigenvalue weighted by atomic mass is 16.5. The lowest BCUT2D eigenvalue weighted by atomic mass is 10.0. The molecule has 1 atom stereocenters. The van der Waals surface area contributed by atoms with Crippen molar-refractivity contribution in [1.29, 1.82) is 0 Å². The Labute approximate surface area is 179 Å². The van der Waals surface area contributed by atoms with Crippen molar-refractivity contribution >= 4 is 17.6 Å². The molecule has 0 radical (unpaired) electrons. The summed E-state index contributed by atoms with van der Waals surface area (Å²) in [4.78, 5) is 25.0. The van der Waals surface area contributed by atoms with E-state index in [-0.39, 0.29) is 12.2 Å². The second kappa shape index (κ2) is 8.87. The highest BCUT2D eigenvalue weighted by Gasteiger charge is 2.35. The number of phenolic OH excluding ortho intramolecular Hbond substituents is 1. The maximum atomic E-state index is 12.9. The highest BCUT2D eigenvalue weighted by Crippen LogP contribution is 2.33. The third kappa shape index (κ3) is 4.83. The second-order valence-corrected chi connectivity index (χ2v) is 7.39. The number of phenols is 1. The summed E-state index contributed by atoms with van der Waals surface area (Å²) >= 11 is 0. The van der Waals surface area contributed by atoms with Crippen molar-refractivity contribution in [3.63, 3.8) is 0 Å². The zero-order chi connectivity index (χ0) is 21.8. The first-order valence-electron chi connectivity index (χ1n) is 9.93. The highest BCUT2D eigenvalue weighted by molar-refractivity contribution is 6.03. The van der Waals surface area contributed by atoms with E-state index in [2.05, 4.69) is 5.10 Å². The molecule has 0 aliphatic carbocycles. The normalized spacial score (nSPS) is 15.6. The van der Waals surface area contributed by atoms with Crippen molar-refractivity contribution in [1.82, 2.24) is 5.01 Å². The molecule has 1 N–H and O–H groups in total. The number of ether oxygens (including phenoxy) is 1. The Kier molecular flexibility index (Phi) is 5.84. The number of carbonyl (C=O) groups is 2. The van der Waals surface area contributed by atoms with E-state index < -0.39 is 24.5 Å². The molecule has 158 valence electrons. The fourth-order valence-electron chi connectivity index (χ4n) is 3.40. The van der Waals surface area contributed by atoms with E-state index in [9.17, 15) is 14.7 Å². The number of esters is 1. The lowest BCUT2D eigenvalue weighted by Gasteiger charge is -2.19. The van der Waals surface area contributed by atoms with Crippen molar-refractivity contribution in [3.05, 3.63) is 89.4 Å². The van der Waals surface area contributed by atoms with Crippen molar-refractivity contribution < 1.29 is 23.8 Å². The number of nitrogens with zero attached hydrogens (tertiary/aromatic N) is 2. The SMILES string of the molecule is Cc1ccc(C2=NN(C(=O)COC(=O)Cc3ccc(O)cc3)[C@@H](c3ccco3)C2)cc1. The fraction of sp³-hybridized carbons (Fsp3) is 0.208. The summed E-state index contributed by atoms with van der Waals surface area (Å²) in [6, 6.07) is 17.3. The van der Waals surface area contributed by atoms with E-state index >= 15 is 0 Å². The van der Waals surface area contributed by atoms with Gasteiger partial charge in [-0.3, -0.25) is 9.59 Å². The van der Waals surface area contributed by atoms with Gasteiger partial charge in [-0.15, -0.1) is 0 Å². The summed E-state index contributed by atoms with van der Waals surface area (Å²) in [6.45, 7) is 1.59. The van der Waals surface area contributed by atoms with Gasteiger partial charge in [-0.1, -0.05) is 42.0 Å². The van der Waals surface area contributed by atoms with Crippen LogP contribution in [0.15, 0.2) is 76.4 Å². The molecule has 1 amide bonds. The van der Waals surface area contributed by atoms with E-state index in [4.69, 9.17) is 9.15 Å². The number of hydrogen-bond acceptors (Lipinski definition) is 6. The van der Waals surface area contributed by atoms with Crippen molar-refractivity contribution in [2.45, 2.75) is 25.8 Å². The van der Waals surface area contributed by atoms with Gasteiger partial charge in [0, 0.05) is 6.42 Å². The average Bonchev–Trinajstić information content (AvgIpc) is 3.44. The number of aryl methyl sites for hydroxylation is 1. The van der Waals surface area contributed by atoms with E-state index in [1.165, 1.54) is 17.1 Å². The van der Waals surface area contributed by atoms with Gasteiger partial charge in [0.2, 0.25) is 0 Å². The summed E-state index contributed by atoms with van der Waals surface area (Å²) in [5.41, 5.74) is 3.52. The van der Waals surface area contributed by atoms with Crippen LogP contribution in [0.3, 0.4) is 0 Å². The Morgan fingerprint density at radius 1 is 1.13 bits per heavy atom. The van der Waals surface area contributed by atoms with Crippen LogP contribution in [0.2, 0.25) is 0 Å². The smallest absolute Gasteiger partial charge is 0.310 e. The Bertz CT molecular complexity index is 1090. The van der Waals surface area contributed by atoms with Gasteiger partial charge in [-0.25, -0.2) is 5.01 Å². The lowest BCUT2D eigenvalue weighted by molar-refractivity contribution is -0.152. The quantitative estimate of drug-likeness (QED) is 0.616. The summed E-state index contributed by atoms with van der Waals surface area (Å²) in [5, 5.41) is 15.2. The first-order valence-corrected chi connectivity index (χ1v) is 9.93.